The van der Waals surface area contributed by atoms with Crippen molar-refractivity contribution in [1.82, 2.24) is 4.72 Å². The van der Waals surface area contributed by atoms with Crippen molar-refractivity contribution in [2.24, 2.45) is 0 Å². The quantitative estimate of drug-likeness (QED) is 0.917. The Balaban J connectivity index is 2.24. The lowest BCUT2D eigenvalue weighted by Crippen LogP contribution is -2.24. The molecule has 112 valence electrons. The molecule has 21 heavy (non-hydrogen) atoms. The predicted molar refractivity (Wildman–Crippen MR) is 78.4 cm³/mol. The molecule has 0 spiro atoms. The van der Waals surface area contributed by atoms with Crippen LogP contribution in [0.2, 0.25) is 5.02 Å². The molecule has 0 fully saturated rings. The van der Waals surface area contributed by atoms with Gasteiger partial charge in [-0.15, -0.1) is 0 Å². The monoisotopic (exact) mass is 329 g/mol. The number of ether oxygens (including phenoxy) is 1. The van der Waals surface area contributed by atoms with Crippen LogP contribution in [0.25, 0.3) is 0 Å². The maximum absolute atomic E-state index is 13.6. The minimum Gasteiger partial charge on any atom is -0.496 e. The molecule has 0 aliphatic rings. The van der Waals surface area contributed by atoms with Gasteiger partial charge in [-0.25, -0.2) is 17.5 Å². The fourth-order valence-electron chi connectivity index (χ4n) is 1.78. The molecule has 0 heterocycles. The molecule has 0 aliphatic carbocycles. The topological polar surface area (TPSA) is 55.4 Å². The van der Waals surface area contributed by atoms with Crippen LogP contribution < -0.4 is 9.46 Å². The first kappa shape index (κ1) is 15.8. The molecule has 0 atom stereocenters. The molecule has 0 radical (unpaired) electrons. The maximum atomic E-state index is 13.6. The summed E-state index contributed by atoms with van der Waals surface area (Å²) in [6, 6.07) is 10.3. The predicted octanol–water partition coefficient (Wildman–Crippen LogP) is 2.97. The van der Waals surface area contributed by atoms with E-state index in [1.165, 1.54) is 13.2 Å². The van der Waals surface area contributed by atoms with Crippen molar-refractivity contribution < 1.29 is 17.5 Å². The summed E-state index contributed by atoms with van der Waals surface area (Å²) in [5.74, 6) is -0.307. The van der Waals surface area contributed by atoms with Gasteiger partial charge in [0.15, 0.2) is 0 Å². The number of sulfonamides is 1. The Kier molecular flexibility index (Phi) is 4.82. The molecule has 2 rings (SSSR count). The van der Waals surface area contributed by atoms with Gasteiger partial charge in [-0.2, -0.15) is 0 Å². The Morgan fingerprint density at radius 1 is 1.24 bits per heavy atom. The van der Waals surface area contributed by atoms with Gasteiger partial charge >= 0.3 is 0 Å². The average molecular weight is 330 g/mol. The van der Waals surface area contributed by atoms with E-state index >= 15 is 0 Å². The van der Waals surface area contributed by atoms with Gasteiger partial charge in [-0.05, 0) is 24.3 Å². The minimum absolute atomic E-state index is 0.0156. The normalized spacial score (nSPS) is 11.4. The van der Waals surface area contributed by atoms with Crippen LogP contribution in [0, 0.1) is 5.82 Å². The first-order valence-corrected chi connectivity index (χ1v) is 7.87. The molecule has 0 saturated carbocycles. The number of halogens is 2. The number of hydrogen-bond donors (Lipinski definition) is 1. The molecular weight excluding hydrogens is 317 g/mol. The summed E-state index contributed by atoms with van der Waals surface area (Å²) in [6.45, 7) is -0.0156. The number of para-hydroxylation sites is 1. The molecule has 0 saturated heterocycles. The average Bonchev–Trinajstić information content (AvgIpc) is 2.48. The number of hydrogen-bond acceptors (Lipinski definition) is 3. The first-order chi connectivity index (χ1) is 9.94. The Morgan fingerprint density at radius 2 is 1.95 bits per heavy atom. The highest BCUT2D eigenvalue weighted by Crippen LogP contribution is 2.21. The van der Waals surface area contributed by atoms with Crippen molar-refractivity contribution in [1.29, 1.82) is 0 Å². The third-order valence-corrected chi connectivity index (χ3v) is 4.48. The van der Waals surface area contributed by atoms with Gasteiger partial charge in [0, 0.05) is 17.1 Å². The Hall–Kier alpha value is -1.63. The lowest BCUT2D eigenvalue weighted by atomic mass is 10.2. The highest BCUT2D eigenvalue weighted by atomic mass is 35.5. The van der Waals surface area contributed by atoms with Crippen molar-refractivity contribution >= 4 is 21.6 Å². The fraction of sp³-hybridized carbons (Fsp3) is 0.143. The van der Waals surface area contributed by atoms with Crippen LogP contribution in [0.5, 0.6) is 5.75 Å². The largest absolute Gasteiger partial charge is 0.496 e. The van der Waals surface area contributed by atoms with Crippen LogP contribution in [0.15, 0.2) is 47.4 Å². The van der Waals surface area contributed by atoms with Crippen LogP contribution >= 0.6 is 11.6 Å². The molecule has 4 nitrogen and oxygen atoms in total. The number of rotatable bonds is 5. The number of methoxy groups -OCH3 is 1. The SMILES string of the molecule is COc1ccccc1CNS(=O)(=O)c1cc(Cl)ccc1F. The summed E-state index contributed by atoms with van der Waals surface area (Å²) in [5, 5.41) is 0.147. The summed E-state index contributed by atoms with van der Waals surface area (Å²) in [5.41, 5.74) is 0.644. The van der Waals surface area contributed by atoms with E-state index < -0.39 is 20.7 Å². The van der Waals surface area contributed by atoms with Gasteiger partial charge in [0.1, 0.15) is 16.5 Å². The maximum Gasteiger partial charge on any atom is 0.243 e. The fourth-order valence-corrected chi connectivity index (χ4v) is 3.13. The molecule has 0 aromatic heterocycles. The highest BCUT2D eigenvalue weighted by Gasteiger charge is 2.19. The van der Waals surface area contributed by atoms with E-state index in [1.807, 2.05) is 0 Å². The summed E-state index contributed by atoms with van der Waals surface area (Å²) in [6.07, 6.45) is 0. The van der Waals surface area contributed by atoms with E-state index in [1.54, 1.807) is 24.3 Å². The van der Waals surface area contributed by atoms with E-state index in [2.05, 4.69) is 4.72 Å². The minimum atomic E-state index is -4.00. The molecule has 2 aromatic rings. The van der Waals surface area contributed by atoms with E-state index in [0.717, 1.165) is 12.1 Å². The molecule has 2 aromatic carbocycles. The summed E-state index contributed by atoms with van der Waals surface area (Å²) >= 11 is 5.71. The first-order valence-electron chi connectivity index (χ1n) is 6.00. The highest BCUT2D eigenvalue weighted by molar-refractivity contribution is 7.89. The smallest absolute Gasteiger partial charge is 0.243 e. The molecule has 7 heteroatoms. The van der Waals surface area contributed by atoms with Gasteiger partial charge in [0.25, 0.3) is 0 Å². The van der Waals surface area contributed by atoms with Crippen LogP contribution in [0.1, 0.15) is 5.56 Å². The van der Waals surface area contributed by atoms with Crippen LogP contribution in [0.3, 0.4) is 0 Å². The summed E-state index contributed by atoms with van der Waals surface area (Å²) < 4.78 is 45.3. The van der Waals surface area contributed by atoms with Gasteiger partial charge in [-0.1, -0.05) is 29.8 Å². The number of nitrogens with one attached hydrogen (secondary N) is 1. The lowest BCUT2D eigenvalue weighted by Gasteiger charge is -2.10. The second-order valence-electron chi connectivity index (χ2n) is 4.21. The van der Waals surface area contributed by atoms with Crippen LogP contribution in [-0.4, -0.2) is 15.5 Å². The molecule has 0 unspecified atom stereocenters. The zero-order valence-corrected chi connectivity index (χ0v) is 12.7. The summed E-state index contributed by atoms with van der Waals surface area (Å²) in [4.78, 5) is -0.482. The lowest BCUT2D eigenvalue weighted by molar-refractivity contribution is 0.409. The third kappa shape index (κ3) is 3.72. The van der Waals surface area contributed by atoms with E-state index in [4.69, 9.17) is 16.3 Å². The second kappa shape index (κ2) is 6.43. The van der Waals surface area contributed by atoms with E-state index in [9.17, 15) is 12.8 Å². The van der Waals surface area contributed by atoms with Crippen molar-refractivity contribution in [3.8, 4) is 5.75 Å². The molecular formula is C14H13ClFNO3S. The van der Waals surface area contributed by atoms with Crippen LogP contribution in [-0.2, 0) is 16.6 Å². The molecule has 0 amide bonds. The van der Waals surface area contributed by atoms with Crippen molar-refractivity contribution in [2.75, 3.05) is 7.11 Å². The van der Waals surface area contributed by atoms with Gasteiger partial charge in [0.2, 0.25) is 10.0 Å². The Bertz CT molecular complexity index is 750. The zero-order valence-electron chi connectivity index (χ0n) is 11.1. The van der Waals surface area contributed by atoms with Crippen molar-refractivity contribution in [3.05, 3.63) is 58.9 Å². The van der Waals surface area contributed by atoms with Crippen molar-refractivity contribution in [2.45, 2.75) is 11.4 Å². The molecule has 0 aliphatic heterocycles. The second-order valence-corrected chi connectivity index (χ2v) is 6.38. The van der Waals surface area contributed by atoms with Crippen molar-refractivity contribution in [3.63, 3.8) is 0 Å². The standard InChI is InChI=1S/C14H13ClFNO3S/c1-20-13-5-3-2-4-10(13)9-17-21(18,19)14-8-11(15)6-7-12(14)16/h2-8,17H,9H2,1H3. The number of benzene rings is 2. The third-order valence-electron chi connectivity index (χ3n) is 2.83. The zero-order chi connectivity index (χ0) is 15.5. The van der Waals surface area contributed by atoms with E-state index in [-0.39, 0.29) is 11.6 Å². The van der Waals surface area contributed by atoms with Gasteiger partial charge in [0.05, 0.1) is 7.11 Å². The summed E-state index contributed by atoms with van der Waals surface area (Å²) in [7, 11) is -2.51. The molecule has 0 bridgehead atoms. The Morgan fingerprint density at radius 3 is 2.67 bits per heavy atom. The van der Waals surface area contributed by atoms with Gasteiger partial charge < -0.3 is 4.74 Å². The molecule has 1 N–H and O–H groups in total. The van der Waals surface area contributed by atoms with E-state index in [0.29, 0.717) is 11.3 Å². The van der Waals surface area contributed by atoms with Crippen LogP contribution in [0.4, 0.5) is 4.39 Å². The Labute approximate surface area is 127 Å². The van der Waals surface area contributed by atoms with Gasteiger partial charge in [-0.3, -0.25) is 0 Å².